The van der Waals surface area contributed by atoms with Crippen molar-refractivity contribution in [2.45, 2.75) is 12.8 Å². The van der Waals surface area contributed by atoms with Gasteiger partial charge in [0.05, 0.1) is 17.8 Å². The summed E-state index contributed by atoms with van der Waals surface area (Å²) in [6.45, 7) is 1.09. The minimum atomic E-state index is -0.00541. The predicted octanol–water partition coefficient (Wildman–Crippen LogP) is 4.16. The van der Waals surface area contributed by atoms with Crippen LogP contribution in [0.4, 0.5) is 5.69 Å². The molecule has 128 valence electrons. The number of anilines is 1. The van der Waals surface area contributed by atoms with Gasteiger partial charge < -0.3 is 15.4 Å². The number of amides is 1. The van der Waals surface area contributed by atoms with Gasteiger partial charge in [-0.2, -0.15) is 0 Å². The van der Waals surface area contributed by atoms with E-state index in [4.69, 9.17) is 27.9 Å². The molecule has 0 aliphatic rings. The van der Waals surface area contributed by atoms with E-state index in [0.29, 0.717) is 29.6 Å². The molecule has 0 aliphatic heterocycles. The highest BCUT2D eigenvalue weighted by Gasteiger charge is 2.04. The second-order valence-corrected chi connectivity index (χ2v) is 6.09. The smallest absolute Gasteiger partial charge is 0.221 e. The van der Waals surface area contributed by atoms with Gasteiger partial charge in [0.25, 0.3) is 0 Å². The van der Waals surface area contributed by atoms with Crippen LogP contribution in [0.15, 0.2) is 42.5 Å². The largest absolute Gasteiger partial charge is 0.497 e. The van der Waals surface area contributed by atoms with Crippen LogP contribution in [0, 0.1) is 0 Å². The number of benzene rings is 2. The molecule has 2 aromatic rings. The van der Waals surface area contributed by atoms with Crippen molar-refractivity contribution in [1.82, 2.24) is 5.32 Å². The van der Waals surface area contributed by atoms with E-state index in [-0.39, 0.29) is 5.91 Å². The first kappa shape index (κ1) is 18.4. The normalized spacial score (nSPS) is 10.3. The fourth-order valence-electron chi connectivity index (χ4n) is 2.17. The Bertz CT molecular complexity index is 675. The summed E-state index contributed by atoms with van der Waals surface area (Å²) < 4.78 is 5.11. The van der Waals surface area contributed by atoms with Crippen molar-refractivity contribution in [2.24, 2.45) is 0 Å². The monoisotopic (exact) mass is 366 g/mol. The van der Waals surface area contributed by atoms with Crippen LogP contribution >= 0.6 is 23.2 Å². The highest BCUT2D eigenvalue weighted by Crippen LogP contribution is 2.25. The number of hydrogen-bond donors (Lipinski definition) is 2. The van der Waals surface area contributed by atoms with Crippen molar-refractivity contribution >= 4 is 34.8 Å². The second-order valence-electron chi connectivity index (χ2n) is 5.25. The standard InChI is InChI=1S/C18H20Cl2N2O2/c1-24-15-5-2-13(3-6-15)8-10-22-18(23)9-11-21-17-12-14(19)4-7-16(17)20/h2-7,12,21H,8-11H2,1H3,(H,22,23). The van der Waals surface area contributed by atoms with Gasteiger partial charge in [0.15, 0.2) is 0 Å². The van der Waals surface area contributed by atoms with E-state index < -0.39 is 0 Å². The van der Waals surface area contributed by atoms with E-state index >= 15 is 0 Å². The molecule has 0 saturated heterocycles. The fourth-order valence-corrected chi connectivity index (χ4v) is 2.53. The van der Waals surface area contributed by atoms with Crippen molar-refractivity contribution in [1.29, 1.82) is 0 Å². The number of nitrogens with one attached hydrogen (secondary N) is 2. The Balaban J connectivity index is 1.67. The number of methoxy groups -OCH3 is 1. The third-order valence-corrected chi connectivity index (χ3v) is 4.06. The van der Waals surface area contributed by atoms with E-state index in [1.807, 2.05) is 24.3 Å². The van der Waals surface area contributed by atoms with Crippen LogP contribution in [-0.2, 0) is 11.2 Å². The molecule has 2 rings (SSSR count). The molecule has 0 saturated carbocycles. The molecule has 0 aliphatic carbocycles. The molecule has 0 bridgehead atoms. The molecule has 0 radical (unpaired) electrons. The molecule has 0 unspecified atom stereocenters. The van der Waals surface area contributed by atoms with Gasteiger partial charge in [0.1, 0.15) is 5.75 Å². The zero-order valence-corrected chi connectivity index (χ0v) is 15.0. The number of hydrogen-bond acceptors (Lipinski definition) is 3. The second kappa shape index (κ2) is 9.40. The van der Waals surface area contributed by atoms with Gasteiger partial charge >= 0.3 is 0 Å². The number of halogens is 2. The first-order valence-electron chi connectivity index (χ1n) is 7.67. The van der Waals surface area contributed by atoms with E-state index in [1.165, 1.54) is 0 Å². The highest BCUT2D eigenvalue weighted by atomic mass is 35.5. The average molecular weight is 367 g/mol. The quantitative estimate of drug-likeness (QED) is 0.737. The van der Waals surface area contributed by atoms with Gasteiger partial charge in [-0.15, -0.1) is 0 Å². The Hall–Kier alpha value is -1.91. The third-order valence-electron chi connectivity index (χ3n) is 3.49. The molecule has 2 aromatic carbocycles. The molecule has 1 amide bonds. The lowest BCUT2D eigenvalue weighted by Crippen LogP contribution is -2.27. The minimum absolute atomic E-state index is 0.00541. The van der Waals surface area contributed by atoms with Crippen molar-refractivity contribution in [3.8, 4) is 5.75 Å². The number of ether oxygens (including phenoxy) is 1. The Labute approximate surface area is 152 Å². The molecule has 0 aromatic heterocycles. The average Bonchev–Trinajstić information content (AvgIpc) is 2.58. The summed E-state index contributed by atoms with van der Waals surface area (Å²) in [6, 6.07) is 13.0. The van der Waals surface area contributed by atoms with Crippen LogP contribution in [0.1, 0.15) is 12.0 Å². The van der Waals surface area contributed by atoms with Crippen LogP contribution in [0.25, 0.3) is 0 Å². The molecule has 0 atom stereocenters. The molecule has 4 nitrogen and oxygen atoms in total. The Morgan fingerprint density at radius 3 is 2.54 bits per heavy atom. The number of carbonyl (C=O) groups excluding carboxylic acids is 1. The Kier molecular flexibility index (Phi) is 7.22. The molecule has 0 fully saturated rings. The van der Waals surface area contributed by atoms with Gasteiger partial charge in [0.2, 0.25) is 5.91 Å². The first-order valence-corrected chi connectivity index (χ1v) is 8.42. The summed E-state index contributed by atoms with van der Waals surface area (Å²) in [5.41, 5.74) is 1.88. The Morgan fingerprint density at radius 1 is 1.08 bits per heavy atom. The fraction of sp³-hybridized carbons (Fsp3) is 0.278. The van der Waals surface area contributed by atoms with Gasteiger partial charge in [-0.05, 0) is 42.3 Å². The van der Waals surface area contributed by atoms with E-state index in [1.54, 1.807) is 25.3 Å². The van der Waals surface area contributed by atoms with Crippen LogP contribution < -0.4 is 15.4 Å². The number of rotatable bonds is 8. The summed E-state index contributed by atoms with van der Waals surface area (Å²) in [6.07, 6.45) is 1.15. The van der Waals surface area contributed by atoms with Gasteiger partial charge in [0, 0.05) is 24.5 Å². The molecular weight excluding hydrogens is 347 g/mol. The van der Waals surface area contributed by atoms with Crippen LogP contribution in [-0.4, -0.2) is 26.1 Å². The summed E-state index contributed by atoms with van der Waals surface area (Å²) in [4.78, 5) is 11.8. The maximum atomic E-state index is 11.8. The molecule has 24 heavy (non-hydrogen) atoms. The highest BCUT2D eigenvalue weighted by molar-refractivity contribution is 6.35. The van der Waals surface area contributed by atoms with Gasteiger partial charge in [-0.3, -0.25) is 4.79 Å². The van der Waals surface area contributed by atoms with Crippen molar-refractivity contribution < 1.29 is 9.53 Å². The zero-order valence-electron chi connectivity index (χ0n) is 13.4. The van der Waals surface area contributed by atoms with Gasteiger partial charge in [-0.1, -0.05) is 35.3 Å². The van der Waals surface area contributed by atoms with Gasteiger partial charge in [-0.25, -0.2) is 0 Å². The van der Waals surface area contributed by atoms with Crippen LogP contribution in [0.5, 0.6) is 5.75 Å². The lowest BCUT2D eigenvalue weighted by atomic mass is 10.1. The summed E-state index contributed by atoms with van der Waals surface area (Å²) in [7, 11) is 1.64. The number of carbonyl (C=O) groups is 1. The lowest BCUT2D eigenvalue weighted by molar-refractivity contribution is -0.120. The summed E-state index contributed by atoms with van der Waals surface area (Å²) in [5, 5.41) is 7.20. The lowest BCUT2D eigenvalue weighted by Gasteiger charge is -2.09. The first-order chi connectivity index (χ1) is 11.6. The van der Waals surface area contributed by atoms with E-state index in [9.17, 15) is 4.79 Å². The zero-order chi connectivity index (χ0) is 17.4. The Morgan fingerprint density at radius 2 is 1.83 bits per heavy atom. The van der Waals surface area contributed by atoms with Crippen LogP contribution in [0.3, 0.4) is 0 Å². The summed E-state index contributed by atoms with van der Waals surface area (Å²) in [5.74, 6) is 0.822. The molecular formula is C18H20Cl2N2O2. The molecule has 0 heterocycles. The third kappa shape index (κ3) is 5.95. The van der Waals surface area contributed by atoms with Crippen molar-refractivity contribution in [2.75, 3.05) is 25.5 Å². The topological polar surface area (TPSA) is 50.4 Å². The van der Waals surface area contributed by atoms with E-state index in [0.717, 1.165) is 23.4 Å². The molecule has 0 spiro atoms. The van der Waals surface area contributed by atoms with Crippen molar-refractivity contribution in [3.63, 3.8) is 0 Å². The minimum Gasteiger partial charge on any atom is -0.497 e. The van der Waals surface area contributed by atoms with E-state index in [2.05, 4.69) is 10.6 Å². The predicted molar refractivity (Wildman–Crippen MR) is 99.3 cm³/mol. The summed E-state index contributed by atoms with van der Waals surface area (Å²) >= 11 is 12.0. The SMILES string of the molecule is COc1ccc(CCNC(=O)CCNc2cc(Cl)ccc2Cl)cc1. The van der Waals surface area contributed by atoms with Crippen molar-refractivity contribution in [3.05, 3.63) is 58.1 Å². The molecule has 2 N–H and O–H groups in total. The maximum absolute atomic E-state index is 11.8. The molecule has 6 heteroatoms. The maximum Gasteiger partial charge on any atom is 0.221 e. The van der Waals surface area contributed by atoms with Crippen LogP contribution in [0.2, 0.25) is 10.0 Å².